The molecule has 6 nitrogen and oxygen atoms in total. The zero-order valence-corrected chi connectivity index (χ0v) is 12.8. The first-order chi connectivity index (χ1) is 10.6. The second-order valence-corrected chi connectivity index (χ2v) is 5.52. The number of hydrogen-bond acceptors (Lipinski definition) is 4. The number of ether oxygens (including phenoxy) is 1. The second kappa shape index (κ2) is 5.62. The Hall–Kier alpha value is -2.05. The van der Waals surface area contributed by atoms with Crippen molar-refractivity contribution in [3.05, 3.63) is 34.7 Å². The van der Waals surface area contributed by atoms with Gasteiger partial charge in [-0.1, -0.05) is 11.6 Å². The Balaban J connectivity index is 2.37. The van der Waals surface area contributed by atoms with Crippen LogP contribution in [0.3, 0.4) is 0 Å². The summed E-state index contributed by atoms with van der Waals surface area (Å²) in [4.78, 5) is 16.0. The summed E-state index contributed by atoms with van der Waals surface area (Å²) in [6.07, 6.45) is 2.19. The van der Waals surface area contributed by atoms with Crippen LogP contribution in [0.2, 0.25) is 5.15 Å². The maximum absolute atomic E-state index is 11.9. The van der Waals surface area contributed by atoms with Gasteiger partial charge in [-0.05, 0) is 25.0 Å². The van der Waals surface area contributed by atoms with Crippen molar-refractivity contribution in [1.29, 1.82) is 0 Å². The van der Waals surface area contributed by atoms with Crippen molar-refractivity contribution in [1.82, 2.24) is 9.55 Å². The number of carbonyl (C=O) groups excluding carboxylic acids is 1. The number of pyridine rings is 1. The minimum Gasteiger partial charge on any atom is -0.494 e. The number of amides is 1. The standard InChI is InChI=1S/C15H16ClN3O3/c1-22-13-10(15(17)21)12-9(20)5-3-7-19(12)11(13)8-4-2-6-18-14(8)16/h2,4,6,9,20H,3,5,7H2,1H3,(H2,17,21). The van der Waals surface area contributed by atoms with E-state index >= 15 is 0 Å². The lowest BCUT2D eigenvalue weighted by Crippen LogP contribution is -2.21. The van der Waals surface area contributed by atoms with E-state index in [9.17, 15) is 9.90 Å². The van der Waals surface area contributed by atoms with Gasteiger partial charge in [0.25, 0.3) is 5.91 Å². The van der Waals surface area contributed by atoms with Gasteiger partial charge in [-0.2, -0.15) is 0 Å². The fourth-order valence-electron chi connectivity index (χ4n) is 3.04. The molecule has 1 unspecified atom stereocenters. The third-order valence-electron chi connectivity index (χ3n) is 3.90. The summed E-state index contributed by atoms with van der Waals surface area (Å²) in [5.41, 5.74) is 7.49. The maximum atomic E-state index is 11.9. The SMILES string of the molecule is COc1c(C(N)=O)c2n(c1-c1cccnc1Cl)CCCC2O. The summed E-state index contributed by atoms with van der Waals surface area (Å²) >= 11 is 6.20. The van der Waals surface area contributed by atoms with E-state index in [0.29, 0.717) is 40.8 Å². The minimum absolute atomic E-state index is 0.213. The molecule has 1 amide bonds. The van der Waals surface area contributed by atoms with Gasteiger partial charge in [0.1, 0.15) is 10.7 Å². The number of fused-ring (bicyclic) bond motifs is 1. The van der Waals surface area contributed by atoms with Crippen molar-refractivity contribution in [3.8, 4) is 17.0 Å². The molecule has 0 aliphatic carbocycles. The first kappa shape index (κ1) is 14.9. The topological polar surface area (TPSA) is 90.4 Å². The van der Waals surface area contributed by atoms with Gasteiger partial charge in [0.15, 0.2) is 5.75 Å². The van der Waals surface area contributed by atoms with Crippen LogP contribution in [-0.4, -0.2) is 27.7 Å². The number of aromatic nitrogens is 2. The lowest BCUT2D eigenvalue weighted by atomic mass is 10.0. The van der Waals surface area contributed by atoms with Gasteiger partial charge >= 0.3 is 0 Å². The van der Waals surface area contributed by atoms with E-state index in [0.717, 1.165) is 6.42 Å². The second-order valence-electron chi connectivity index (χ2n) is 5.16. The van der Waals surface area contributed by atoms with Crippen molar-refractivity contribution in [2.24, 2.45) is 5.73 Å². The predicted molar refractivity (Wildman–Crippen MR) is 81.9 cm³/mol. The molecule has 3 rings (SSSR count). The Labute approximate surface area is 132 Å². The average molecular weight is 322 g/mol. The lowest BCUT2D eigenvalue weighted by molar-refractivity contribution is 0.0980. The number of hydrogen-bond donors (Lipinski definition) is 2. The number of nitrogens with two attached hydrogens (primary N) is 1. The van der Waals surface area contributed by atoms with E-state index in [4.69, 9.17) is 22.1 Å². The molecule has 1 atom stereocenters. The van der Waals surface area contributed by atoms with E-state index in [-0.39, 0.29) is 5.56 Å². The number of aliphatic hydroxyl groups excluding tert-OH is 1. The van der Waals surface area contributed by atoms with Crippen LogP contribution in [0, 0.1) is 0 Å². The average Bonchev–Trinajstić information content (AvgIpc) is 2.83. The van der Waals surface area contributed by atoms with Gasteiger partial charge < -0.3 is 20.1 Å². The molecule has 1 aliphatic heterocycles. The summed E-state index contributed by atoms with van der Waals surface area (Å²) in [6, 6.07) is 3.55. The quantitative estimate of drug-likeness (QED) is 0.847. The maximum Gasteiger partial charge on any atom is 0.254 e. The number of carbonyl (C=O) groups is 1. The van der Waals surface area contributed by atoms with Crippen molar-refractivity contribution in [2.75, 3.05) is 7.11 Å². The van der Waals surface area contributed by atoms with Crippen molar-refractivity contribution >= 4 is 17.5 Å². The van der Waals surface area contributed by atoms with E-state index in [2.05, 4.69) is 4.98 Å². The highest BCUT2D eigenvalue weighted by Crippen LogP contribution is 2.44. The van der Waals surface area contributed by atoms with Crippen molar-refractivity contribution in [2.45, 2.75) is 25.5 Å². The first-order valence-electron chi connectivity index (χ1n) is 6.95. The molecule has 0 aromatic carbocycles. The normalized spacial score (nSPS) is 17.1. The molecule has 0 saturated carbocycles. The molecule has 3 N–H and O–H groups in total. The van der Waals surface area contributed by atoms with Crippen LogP contribution in [-0.2, 0) is 6.54 Å². The Morgan fingerprint density at radius 3 is 3.00 bits per heavy atom. The highest BCUT2D eigenvalue weighted by molar-refractivity contribution is 6.32. The number of aliphatic hydroxyl groups is 1. The monoisotopic (exact) mass is 321 g/mol. The van der Waals surface area contributed by atoms with Crippen molar-refractivity contribution < 1.29 is 14.6 Å². The Kier molecular flexibility index (Phi) is 3.80. The highest BCUT2D eigenvalue weighted by atomic mass is 35.5. The Bertz CT molecular complexity index is 742. The smallest absolute Gasteiger partial charge is 0.254 e. The number of primary amides is 1. The molecule has 0 radical (unpaired) electrons. The Morgan fingerprint density at radius 1 is 1.59 bits per heavy atom. The molecular formula is C15H16ClN3O3. The molecule has 0 saturated heterocycles. The Morgan fingerprint density at radius 2 is 2.36 bits per heavy atom. The van der Waals surface area contributed by atoms with Gasteiger partial charge in [-0.3, -0.25) is 4.79 Å². The third kappa shape index (κ3) is 2.15. The van der Waals surface area contributed by atoms with Gasteiger partial charge in [0.05, 0.1) is 24.6 Å². The molecule has 116 valence electrons. The van der Waals surface area contributed by atoms with Gasteiger partial charge in [-0.15, -0.1) is 0 Å². The summed E-state index contributed by atoms with van der Waals surface area (Å²) in [7, 11) is 1.47. The van der Waals surface area contributed by atoms with E-state index < -0.39 is 12.0 Å². The fraction of sp³-hybridized carbons (Fsp3) is 0.333. The number of halogens is 1. The van der Waals surface area contributed by atoms with Crippen LogP contribution in [0.1, 0.15) is 35.0 Å². The fourth-order valence-corrected chi connectivity index (χ4v) is 3.25. The summed E-state index contributed by atoms with van der Waals surface area (Å²) < 4.78 is 7.29. The molecule has 2 aromatic rings. The molecule has 2 aromatic heterocycles. The van der Waals surface area contributed by atoms with Gasteiger partial charge in [0, 0.05) is 18.3 Å². The molecule has 0 fully saturated rings. The zero-order chi connectivity index (χ0) is 15.9. The zero-order valence-electron chi connectivity index (χ0n) is 12.0. The lowest BCUT2D eigenvalue weighted by Gasteiger charge is -2.23. The third-order valence-corrected chi connectivity index (χ3v) is 4.20. The van der Waals surface area contributed by atoms with Crippen LogP contribution in [0.15, 0.2) is 18.3 Å². The van der Waals surface area contributed by atoms with Crippen LogP contribution < -0.4 is 10.5 Å². The largest absolute Gasteiger partial charge is 0.494 e. The molecule has 22 heavy (non-hydrogen) atoms. The first-order valence-corrected chi connectivity index (χ1v) is 7.33. The van der Waals surface area contributed by atoms with Crippen LogP contribution in [0.25, 0.3) is 11.3 Å². The number of rotatable bonds is 3. The number of methoxy groups -OCH3 is 1. The predicted octanol–water partition coefficient (Wildman–Crippen LogP) is 2.14. The molecule has 3 heterocycles. The molecule has 0 spiro atoms. The summed E-state index contributed by atoms with van der Waals surface area (Å²) in [5, 5.41) is 10.6. The number of nitrogens with zero attached hydrogens (tertiary/aromatic N) is 2. The molecule has 1 aliphatic rings. The van der Waals surface area contributed by atoms with Crippen molar-refractivity contribution in [3.63, 3.8) is 0 Å². The van der Waals surface area contributed by atoms with Crippen LogP contribution in [0.4, 0.5) is 0 Å². The minimum atomic E-state index is -0.755. The van der Waals surface area contributed by atoms with E-state index in [1.165, 1.54) is 7.11 Å². The van der Waals surface area contributed by atoms with Crippen LogP contribution >= 0.6 is 11.6 Å². The summed E-state index contributed by atoms with van der Waals surface area (Å²) in [6.45, 7) is 0.649. The summed E-state index contributed by atoms with van der Waals surface area (Å²) in [5.74, 6) is -0.300. The van der Waals surface area contributed by atoms with Gasteiger partial charge in [0.2, 0.25) is 0 Å². The van der Waals surface area contributed by atoms with Crippen LogP contribution in [0.5, 0.6) is 5.75 Å². The van der Waals surface area contributed by atoms with Gasteiger partial charge in [-0.25, -0.2) is 4.98 Å². The molecular weight excluding hydrogens is 306 g/mol. The van der Waals surface area contributed by atoms with E-state index in [1.54, 1.807) is 18.3 Å². The highest BCUT2D eigenvalue weighted by Gasteiger charge is 2.34. The van der Waals surface area contributed by atoms with E-state index in [1.807, 2.05) is 4.57 Å². The molecule has 7 heteroatoms. The molecule has 0 bridgehead atoms.